The van der Waals surface area contributed by atoms with Crippen molar-refractivity contribution < 1.29 is 9.53 Å². The van der Waals surface area contributed by atoms with Gasteiger partial charge in [0.1, 0.15) is 10.8 Å². The van der Waals surface area contributed by atoms with E-state index < -0.39 is 5.97 Å². The van der Waals surface area contributed by atoms with Gasteiger partial charge in [0.15, 0.2) is 0 Å². The summed E-state index contributed by atoms with van der Waals surface area (Å²) in [4.78, 5) is 23.4. The second-order valence-corrected chi connectivity index (χ2v) is 4.42. The van der Waals surface area contributed by atoms with Crippen LogP contribution in [0.3, 0.4) is 0 Å². The molecular weight excluding hydrogens is 252 g/mol. The van der Waals surface area contributed by atoms with Crippen LogP contribution >= 0.6 is 11.3 Å². The maximum Gasteiger partial charge on any atom is 0.376 e. The smallest absolute Gasteiger partial charge is 0.376 e. The summed E-state index contributed by atoms with van der Waals surface area (Å²) in [5.74, 6) is 0.0440. The van der Waals surface area contributed by atoms with Gasteiger partial charge in [-0.2, -0.15) is 0 Å². The van der Waals surface area contributed by atoms with Gasteiger partial charge in [0.25, 0.3) is 0 Å². The zero-order valence-electron chi connectivity index (χ0n) is 9.95. The van der Waals surface area contributed by atoms with Crippen molar-refractivity contribution in [1.82, 2.24) is 15.0 Å². The summed E-state index contributed by atoms with van der Waals surface area (Å²) in [6.07, 6.45) is 3.26. The highest BCUT2D eigenvalue weighted by Crippen LogP contribution is 2.19. The Morgan fingerprint density at radius 1 is 1.44 bits per heavy atom. The molecule has 0 saturated carbocycles. The van der Waals surface area contributed by atoms with Crippen LogP contribution in [0.4, 0.5) is 5.82 Å². The normalized spacial score (nSPS) is 11.9. The van der Waals surface area contributed by atoms with Crippen molar-refractivity contribution in [3.05, 3.63) is 34.7 Å². The Hall–Kier alpha value is -2.02. The number of anilines is 1. The molecule has 0 spiro atoms. The van der Waals surface area contributed by atoms with E-state index in [1.807, 2.05) is 12.3 Å². The van der Waals surface area contributed by atoms with Crippen LogP contribution < -0.4 is 5.32 Å². The summed E-state index contributed by atoms with van der Waals surface area (Å²) in [7, 11) is 1.30. The van der Waals surface area contributed by atoms with Gasteiger partial charge >= 0.3 is 5.97 Å². The number of nitrogens with one attached hydrogen (secondary N) is 1. The number of esters is 1. The monoisotopic (exact) mass is 264 g/mol. The van der Waals surface area contributed by atoms with Crippen LogP contribution in [0, 0.1) is 0 Å². The molecule has 0 radical (unpaired) electrons. The Morgan fingerprint density at radius 3 is 2.94 bits per heavy atom. The number of hydrogen-bond donors (Lipinski definition) is 1. The summed E-state index contributed by atoms with van der Waals surface area (Å²) in [5, 5.41) is 6.01. The van der Waals surface area contributed by atoms with E-state index in [-0.39, 0.29) is 11.9 Å². The standard InChI is InChI=1S/C11H12N4O2S/c1-7(10-13-5-6-18-10)14-8-3-4-12-9(15-8)11(16)17-2/h3-7H,1-2H3,(H,12,14,15). The minimum atomic E-state index is -0.555. The number of rotatable bonds is 4. The minimum absolute atomic E-state index is 0.0189. The van der Waals surface area contributed by atoms with Crippen molar-refractivity contribution in [2.24, 2.45) is 0 Å². The largest absolute Gasteiger partial charge is 0.463 e. The lowest BCUT2D eigenvalue weighted by atomic mass is 10.3. The average Bonchev–Trinajstić information content (AvgIpc) is 2.92. The van der Waals surface area contributed by atoms with Gasteiger partial charge in [0.05, 0.1) is 13.2 Å². The number of thiazole rings is 1. The van der Waals surface area contributed by atoms with Crippen molar-refractivity contribution in [3.8, 4) is 0 Å². The third-order valence-corrected chi connectivity index (χ3v) is 3.17. The number of carbonyl (C=O) groups excluding carboxylic acids is 1. The molecule has 0 saturated heterocycles. The van der Waals surface area contributed by atoms with Crippen LogP contribution in [-0.4, -0.2) is 28.0 Å². The molecule has 1 atom stereocenters. The molecule has 2 rings (SSSR count). The topological polar surface area (TPSA) is 77.0 Å². The summed E-state index contributed by atoms with van der Waals surface area (Å²) in [6.45, 7) is 1.97. The fourth-order valence-electron chi connectivity index (χ4n) is 1.36. The van der Waals surface area contributed by atoms with Gasteiger partial charge in [0, 0.05) is 17.8 Å². The Labute approximate surface area is 108 Å². The van der Waals surface area contributed by atoms with Crippen molar-refractivity contribution in [2.75, 3.05) is 12.4 Å². The fourth-order valence-corrected chi connectivity index (χ4v) is 2.01. The van der Waals surface area contributed by atoms with Crippen molar-refractivity contribution in [3.63, 3.8) is 0 Å². The lowest BCUT2D eigenvalue weighted by Gasteiger charge is -2.11. The Balaban J connectivity index is 2.12. The SMILES string of the molecule is COC(=O)c1nccc(NC(C)c2nccs2)n1. The average molecular weight is 264 g/mol. The zero-order valence-corrected chi connectivity index (χ0v) is 10.8. The molecule has 0 aliphatic carbocycles. The van der Waals surface area contributed by atoms with E-state index in [2.05, 4.69) is 25.0 Å². The van der Waals surface area contributed by atoms with Crippen molar-refractivity contribution >= 4 is 23.1 Å². The molecule has 0 fully saturated rings. The summed E-state index contributed by atoms with van der Waals surface area (Å²) in [5.41, 5.74) is 0. The first-order chi connectivity index (χ1) is 8.70. The van der Waals surface area contributed by atoms with Gasteiger partial charge in [-0.15, -0.1) is 11.3 Å². The maximum absolute atomic E-state index is 11.3. The maximum atomic E-state index is 11.3. The molecule has 2 aromatic heterocycles. The predicted octanol–water partition coefficient (Wildman–Crippen LogP) is 1.89. The first kappa shape index (κ1) is 12.4. The number of hydrogen-bond acceptors (Lipinski definition) is 7. The van der Waals surface area contributed by atoms with Crippen LogP contribution in [0.25, 0.3) is 0 Å². The van der Waals surface area contributed by atoms with E-state index in [1.54, 1.807) is 23.6 Å². The van der Waals surface area contributed by atoms with Crippen LogP contribution in [0.5, 0.6) is 0 Å². The number of nitrogens with zero attached hydrogens (tertiary/aromatic N) is 3. The van der Waals surface area contributed by atoms with E-state index in [1.165, 1.54) is 13.3 Å². The Kier molecular flexibility index (Phi) is 3.83. The number of ether oxygens (including phenoxy) is 1. The molecule has 7 heteroatoms. The fraction of sp³-hybridized carbons (Fsp3) is 0.273. The Bertz CT molecular complexity index is 530. The van der Waals surface area contributed by atoms with Gasteiger partial charge < -0.3 is 10.1 Å². The lowest BCUT2D eigenvalue weighted by molar-refractivity contribution is 0.0587. The summed E-state index contributed by atoms with van der Waals surface area (Å²) < 4.78 is 4.57. The molecular formula is C11H12N4O2S. The van der Waals surface area contributed by atoms with Crippen LogP contribution in [-0.2, 0) is 4.74 Å². The van der Waals surface area contributed by atoms with Crippen LogP contribution in [0.1, 0.15) is 28.6 Å². The molecule has 18 heavy (non-hydrogen) atoms. The van der Waals surface area contributed by atoms with E-state index in [0.717, 1.165) is 5.01 Å². The third kappa shape index (κ3) is 2.80. The highest BCUT2D eigenvalue weighted by molar-refractivity contribution is 7.09. The Morgan fingerprint density at radius 2 is 2.28 bits per heavy atom. The van der Waals surface area contributed by atoms with Crippen molar-refractivity contribution in [1.29, 1.82) is 0 Å². The van der Waals surface area contributed by atoms with Gasteiger partial charge in [-0.1, -0.05) is 0 Å². The highest BCUT2D eigenvalue weighted by atomic mass is 32.1. The molecule has 1 unspecified atom stereocenters. The van der Waals surface area contributed by atoms with E-state index in [0.29, 0.717) is 5.82 Å². The van der Waals surface area contributed by atoms with E-state index in [4.69, 9.17) is 0 Å². The summed E-state index contributed by atoms with van der Waals surface area (Å²) >= 11 is 1.56. The van der Waals surface area contributed by atoms with Gasteiger partial charge in [-0.05, 0) is 13.0 Å². The van der Waals surface area contributed by atoms with Crippen LogP contribution in [0.15, 0.2) is 23.8 Å². The molecule has 0 aliphatic rings. The number of methoxy groups -OCH3 is 1. The second kappa shape index (κ2) is 5.54. The molecule has 0 bridgehead atoms. The van der Waals surface area contributed by atoms with Gasteiger partial charge in [0.2, 0.25) is 5.82 Å². The second-order valence-electron chi connectivity index (χ2n) is 3.49. The molecule has 0 aromatic carbocycles. The van der Waals surface area contributed by atoms with Gasteiger partial charge in [-0.25, -0.2) is 19.7 Å². The van der Waals surface area contributed by atoms with E-state index >= 15 is 0 Å². The summed E-state index contributed by atoms with van der Waals surface area (Å²) in [6, 6.07) is 1.71. The minimum Gasteiger partial charge on any atom is -0.463 e. The number of aromatic nitrogens is 3. The van der Waals surface area contributed by atoms with Crippen LogP contribution in [0.2, 0.25) is 0 Å². The first-order valence-corrected chi connectivity index (χ1v) is 6.16. The van der Waals surface area contributed by atoms with Gasteiger partial charge in [-0.3, -0.25) is 0 Å². The number of carbonyl (C=O) groups is 1. The van der Waals surface area contributed by atoms with Crippen molar-refractivity contribution in [2.45, 2.75) is 13.0 Å². The highest BCUT2D eigenvalue weighted by Gasteiger charge is 2.12. The molecule has 0 aliphatic heterocycles. The third-order valence-electron chi connectivity index (χ3n) is 2.21. The molecule has 0 amide bonds. The molecule has 94 valence electrons. The lowest BCUT2D eigenvalue weighted by Crippen LogP contribution is -2.12. The first-order valence-electron chi connectivity index (χ1n) is 5.28. The molecule has 2 aromatic rings. The zero-order chi connectivity index (χ0) is 13.0. The van der Waals surface area contributed by atoms with E-state index in [9.17, 15) is 4.79 Å². The predicted molar refractivity (Wildman–Crippen MR) is 67.5 cm³/mol. The molecule has 6 nitrogen and oxygen atoms in total. The quantitative estimate of drug-likeness (QED) is 0.850. The molecule has 2 heterocycles. The molecule has 1 N–H and O–H groups in total.